The maximum absolute atomic E-state index is 10.1. The average Bonchev–Trinajstić information content (AvgIpc) is 3.51. The second-order valence-electron chi connectivity index (χ2n) is 8.98. The molecule has 192 valence electrons. The largest absolute Gasteiger partial charge is 0.394 e. The predicted octanol–water partition coefficient (Wildman–Crippen LogP) is 3.07. The van der Waals surface area contributed by atoms with Crippen LogP contribution in [0.3, 0.4) is 0 Å². The molecule has 38 heavy (non-hydrogen) atoms. The summed E-state index contributed by atoms with van der Waals surface area (Å²) < 4.78 is 7.61. The van der Waals surface area contributed by atoms with E-state index in [0.717, 1.165) is 36.2 Å². The van der Waals surface area contributed by atoms with Gasteiger partial charge in [0.1, 0.15) is 30.1 Å². The van der Waals surface area contributed by atoms with Crippen LogP contribution in [0.5, 0.6) is 0 Å². The van der Waals surface area contributed by atoms with Crippen LogP contribution in [0.1, 0.15) is 49.5 Å². The van der Waals surface area contributed by atoms with Crippen LogP contribution in [0.4, 0.5) is 5.82 Å². The Hall–Kier alpha value is -4.28. The maximum Gasteiger partial charge on any atom is 0.148 e. The fourth-order valence-corrected chi connectivity index (χ4v) is 4.36. The maximum atomic E-state index is 10.1. The van der Waals surface area contributed by atoms with E-state index in [2.05, 4.69) is 43.6 Å². The standard InChI is InChI=1S/C29H28N6O3/c30-28-27-21(17-35(29(27)34-19-33-28)26-15-24(37)25(18-36)38-26)10-6-4-2-1-3-5-9-20-12-13-23(32-16-20)22-11-7-8-14-31-22/h7-8,11-14,16-17,19,24-26,36-37H,1-4,15,18H2,(H2,30,33,34)/t24-,25+,26+/m0/s1. The van der Waals surface area contributed by atoms with E-state index in [4.69, 9.17) is 10.5 Å². The van der Waals surface area contributed by atoms with Gasteiger partial charge in [0, 0.05) is 43.4 Å². The van der Waals surface area contributed by atoms with Gasteiger partial charge in [0.25, 0.3) is 0 Å². The number of hydrogen-bond donors (Lipinski definition) is 3. The van der Waals surface area contributed by atoms with Crippen molar-refractivity contribution < 1.29 is 14.9 Å². The third-order valence-corrected chi connectivity index (χ3v) is 6.33. The summed E-state index contributed by atoms with van der Waals surface area (Å²) in [5.74, 6) is 13.1. The highest BCUT2D eigenvalue weighted by Gasteiger charge is 2.35. The van der Waals surface area contributed by atoms with Gasteiger partial charge in [-0.25, -0.2) is 9.97 Å². The number of rotatable bonds is 6. The predicted molar refractivity (Wildman–Crippen MR) is 143 cm³/mol. The Labute approximate surface area is 220 Å². The van der Waals surface area contributed by atoms with E-state index in [1.54, 1.807) is 12.4 Å². The Morgan fingerprint density at radius 1 is 1.00 bits per heavy atom. The first-order chi connectivity index (χ1) is 18.6. The molecule has 3 atom stereocenters. The molecule has 4 aromatic heterocycles. The number of nitrogens with zero attached hydrogens (tertiary/aromatic N) is 5. The Morgan fingerprint density at radius 2 is 1.82 bits per heavy atom. The first kappa shape index (κ1) is 25.4. The molecule has 9 heteroatoms. The zero-order valence-corrected chi connectivity index (χ0v) is 20.8. The fraction of sp³-hybridized carbons (Fsp3) is 0.310. The number of nitrogen functional groups attached to an aromatic ring is 1. The van der Waals surface area contributed by atoms with Crippen LogP contribution < -0.4 is 5.73 Å². The number of unbranched alkanes of at least 4 members (excludes halogenated alkanes) is 3. The summed E-state index contributed by atoms with van der Waals surface area (Å²) in [5.41, 5.74) is 9.99. The number of hydrogen-bond acceptors (Lipinski definition) is 8. The number of ether oxygens (including phenoxy) is 1. The number of aliphatic hydroxyl groups is 2. The molecule has 1 aliphatic rings. The summed E-state index contributed by atoms with van der Waals surface area (Å²) in [7, 11) is 0. The zero-order chi connectivity index (χ0) is 26.3. The molecule has 0 bridgehead atoms. The average molecular weight is 509 g/mol. The molecule has 5 heterocycles. The molecule has 0 radical (unpaired) electrons. The van der Waals surface area contributed by atoms with Crippen LogP contribution in [0, 0.1) is 23.7 Å². The topological polar surface area (TPSA) is 132 Å². The van der Waals surface area contributed by atoms with Crippen LogP contribution in [-0.4, -0.2) is 53.5 Å². The normalized spacial score (nSPS) is 18.5. The summed E-state index contributed by atoms with van der Waals surface area (Å²) in [4.78, 5) is 17.2. The summed E-state index contributed by atoms with van der Waals surface area (Å²) in [6.45, 7) is -0.250. The van der Waals surface area contributed by atoms with Crippen molar-refractivity contribution in [1.82, 2.24) is 24.5 Å². The van der Waals surface area contributed by atoms with Crippen LogP contribution >= 0.6 is 0 Å². The summed E-state index contributed by atoms with van der Waals surface area (Å²) in [6.07, 6.45) is 8.60. The molecule has 0 aliphatic carbocycles. The first-order valence-electron chi connectivity index (χ1n) is 12.5. The number of anilines is 1. The molecule has 9 nitrogen and oxygen atoms in total. The molecule has 4 aromatic rings. The minimum Gasteiger partial charge on any atom is -0.394 e. The molecular formula is C29H28N6O3. The lowest BCUT2D eigenvalue weighted by Crippen LogP contribution is -2.24. The van der Waals surface area contributed by atoms with Gasteiger partial charge in [-0.05, 0) is 37.1 Å². The van der Waals surface area contributed by atoms with Crippen LogP contribution in [0.2, 0.25) is 0 Å². The summed E-state index contributed by atoms with van der Waals surface area (Å²) >= 11 is 0. The van der Waals surface area contributed by atoms with Gasteiger partial charge in [0.2, 0.25) is 0 Å². The van der Waals surface area contributed by atoms with E-state index in [1.165, 1.54) is 6.33 Å². The van der Waals surface area contributed by atoms with Crippen molar-refractivity contribution in [3.63, 3.8) is 0 Å². The highest BCUT2D eigenvalue weighted by Crippen LogP contribution is 2.33. The van der Waals surface area contributed by atoms with Crippen molar-refractivity contribution in [3.8, 4) is 35.1 Å². The van der Waals surface area contributed by atoms with Crippen molar-refractivity contribution in [2.75, 3.05) is 12.3 Å². The molecule has 0 spiro atoms. The quantitative estimate of drug-likeness (QED) is 0.267. The second kappa shape index (κ2) is 11.8. The lowest BCUT2D eigenvalue weighted by Gasteiger charge is -2.14. The van der Waals surface area contributed by atoms with Gasteiger partial charge in [0.15, 0.2) is 0 Å². The Morgan fingerprint density at radius 3 is 2.53 bits per heavy atom. The zero-order valence-electron chi connectivity index (χ0n) is 20.8. The van der Waals surface area contributed by atoms with Crippen molar-refractivity contribution in [2.24, 2.45) is 0 Å². The molecule has 1 saturated heterocycles. The molecule has 5 rings (SSSR count). The number of aliphatic hydroxyl groups excluding tert-OH is 2. The lowest BCUT2D eigenvalue weighted by atomic mass is 10.1. The second-order valence-corrected chi connectivity index (χ2v) is 8.98. The molecule has 1 aliphatic heterocycles. The molecule has 0 saturated carbocycles. The smallest absolute Gasteiger partial charge is 0.148 e. The number of fused-ring (bicyclic) bond motifs is 1. The van der Waals surface area contributed by atoms with Crippen molar-refractivity contribution >= 4 is 16.9 Å². The summed E-state index contributed by atoms with van der Waals surface area (Å²) in [5, 5.41) is 20.2. The van der Waals surface area contributed by atoms with Gasteiger partial charge in [-0.2, -0.15) is 0 Å². The van der Waals surface area contributed by atoms with E-state index in [1.807, 2.05) is 41.1 Å². The minimum absolute atomic E-state index is 0.250. The van der Waals surface area contributed by atoms with Crippen molar-refractivity contribution in [3.05, 3.63) is 66.4 Å². The monoisotopic (exact) mass is 508 g/mol. The van der Waals surface area contributed by atoms with Crippen LogP contribution in [-0.2, 0) is 4.74 Å². The fourth-order valence-electron chi connectivity index (χ4n) is 4.36. The van der Waals surface area contributed by atoms with Crippen molar-refractivity contribution in [2.45, 2.75) is 50.5 Å². The third-order valence-electron chi connectivity index (χ3n) is 6.33. The molecule has 0 aromatic carbocycles. The number of aromatic nitrogens is 5. The van der Waals surface area contributed by atoms with Gasteiger partial charge >= 0.3 is 0 Å². The first-order valence-corrected chi connectivity index (χ1v) is 12.5. The van der Waals surface area contributed by atoms with E-state index in [9.17, 15) is 10.2 Å². The third kappa shape index (κ3) is 5.66. The van der Waals surface area contributed by atoms with Gasteiger partial charge in [-0.15, -0.1) is 0 Å². The number of nitrogens with two attached hydrogens (primary N) is 1. The minimum atomic E-state index is -0.749. The van der Waals surface area contributed by atoms with E-state index in [-0.39, 0.29) is 6.61 Å². The van der Waals surface area contributed by atoms with Crippen molar-refractivity contribution in [1.29, 1.82) is 0 Å². The molecule has 4 N–H and O–H groups in total. The number of pyridine rings is 2. The molecular weight excluding hydrogens is 480 g/mol. The van der Waals surface area contributed by atoms with E-state index >= 15 is 0 Å². The lowest BCUT2D eigenvalue weighted by molar-refractivity contribution is -0.0430. The Bertz CT molecular complexity index is 1510. The molecule has 0 unspecified atom stereocenters. The van der Waals surface area contributed by atoms with E-state index < -0.39 is 18.4 Å². The highest BCUT2D eigenvalue weighted by atomic mass is 16.5. The van der Waals surface area contributed by atoms with Crippen LogP contribution in [0.25, 0.3) is 22.4 Å². The highest BCUT2D eigenvalue weighted by molar-refractivity contribution is 5.92. The molecule has 0 amide bonds. The van der Waals surface area contributed by atoms with Crippen LogP contribution in [0.15, 0.2) is 55.2 Å². The Kier molecular flexibility index (Phi) is 7.91. The Balaban J connectivity index is 1.16. The van der Waals surface area contributed by atoms with Gasteiger partial charge in [0.05, 0.1) is 35.0 Å². The van der Waals surface area contributed by atoms with Gasteiger partial charge < -0.3 is 25.3 Å². The SMILES string of the molecule is Nc1ncnc2c1c(C#CCCCCC#Cc1ccc(-c3ccccn3)nc1)cn2[C@H]1C[C@H](O)[C@@H](CO)O1. The van der Waals surface area contributed by atoms with Gasteiger partial charge in [-0.1, -0.05) is 29.7 Å². The summed E-state index contributed by atoms with van der Waals surface area (Å²) in [6, 6.07) is 9.65. The van der Waals surface area contributed by atoms with Gasteiger partial charge in [-0.3, -0.25) is 9.97 Å². The van der Waals surface area contributed by atoms with E-state index in [0.29, 0.717) is 35.3 Å². The molecule has 1 fully saturated rings.